The normalized spacial score (nSPS) is 24.4. The minimum atomic E-state index is 0. The fraction of sp³-hybridized carbons (Fsp3) is 0.632. The molecule has 1 aromatic rings. The Balaban J connectivity index is 0.00000156. The number of anilines is 1. The zero-order valence-electron chi connectivity index (χ0n) is 15.2. The first kappa shape index (κ1) is 22.2. The van der Waals surface area contributed by atoms with Crippen molar-refractivity contribution in [3.8, 4) is 0 Å². The van der Waals surface area contributed by atoms with Gasteiger partial charge in [0.25, 0.3) is 0 Å². The number of benzene rings is 1. The number of rotatable bonds is 6. The zero-order chi connectivity index (χ0) is 16.2. The molecule has 3 rings (SSSR count). The standard InChI is InChI=1S/C19H29N3O.2ClH/c1-21(2)10-11-22(18-6-4-3-5-7-18)19(23)14-15-12-16-8-9-17(13-15)20-16;;/h3-7,15-17,20H,8-14H2,1-2H3;2*1H. The maximum atomic E-state index is 12.9. The molecule has 4 nitrogen and oxygen atoms in total. The van der Waals surface area contributed by atoms with Crippen molar-refractivity contribution in [1.29, 1.82) is 0 Å². The molecule has 2 unspecified atom stereocenters. The maximum absolute atomic E-state index is 12.9. The highest BCUT2D eigenvalue weighted by Crippen LogP contribution is 2.33. The first-order valence-electron chi connectivity index (χ1n) is 8.88. The fourth-order valence-corrected chi connectivity index (χ4v) is 4.00. The van der Waals surface area contributed by atoms with Crippen LogP contribution in [0.5, 0.6) is 0 Å². The predicted octanol–water partition coefficient (Wildman–Crippen LogP) is 3.35. The molecule has 2 bridgehead atoms. The van der Waals surface area contributed by atoms with Gasteiger partial charge in [-0.1, -0.05) is 18.2 Å². The molecular weight excluding hydrogens is 357 g/mol. The summed E-state index contributed by atoms with van der Waals surface area (Å²) in [6.07, 6.45) is 5.60. The Morgan fingerprint density at radius 1 is 1.04 bits per heavy atom. The van der Waals surface area contributed by atoms with Crippen molar-refractivity contribution in [3.63, 3.8) is 0 Å². The smallest absolute Gasteiger partial charge is 0.227 e. The molecule has 0 aromatic heterocycles. The summed E-state index contributed by atoms with van der Waals surface area (Å²) in [5, 5.41) is 3.66. The van der Waals surface area contributed by atoms with Gasteiger partial charge in [0.15, 0.2) is 0 Å². The van der Waals surface area contributed by atoms with Crippen LogP contribution in [0, 0.1) is 5.92 Å². The van der Waals surface area contributed by atoms with E-state index in [-0.39, 0.29) is 30.7 Å². The van der Waals surface area contributed by atoms with Gasteiger partial charge in [-0.2, -0.15) is 0 Å². The molecule has 2 atom stereocenters. The van der Waals surface area contributed by atoms with Gasteiger partial charge in [0.05, 0.1) is 0 Å². The molecule has 0 radical (unpaired) electrons. The quantitative estimate of drug-likeness (QED) is 0.812. The summed E-state index contributed by atoms with van der Waals surface area (Å²) in [5.41, 5.74) is 1.02. The lowest BCUT2D eigenvalue weighted by Crippen LogP contribution is -2.42. The van der Waals surface area contributed by atoms with Crippen LogP contribution in [0.1, 0.15) is 32.1 Å². The molecule has 2 heterocycles. The Bertz CT molecular complexity index is 515. The van der Waals surface area contributed by atoms with Crippen molar-refractivity contribution in [2.45, 2.75) is 44.2 Å². The third-order valence-electron chi connectivity index (χ3n) is 5.17. The number of nitrogens with one attached hydrogen (secondary N) is 1. The highest BCUT2D eigenvalue weighted by Gasteiger charge is 2.34. The van der Waals surface area contributed by atoms with Crippen LogP contribution < -0.4 is 10.2 Å². The Morgan fingerprint density at radius 2 is 1.64 bits per heavy atom. The van der Waals surface area contributed by atoms with E-state index in [1.807, 2.05) is 35.2 Å². The number of likely N-dealkylation sites (N-methyl/N-ethyl adjacent to an activating group) is 1. The summed E-state index contributed by atoms with van der Waals surface area (Å²) < 4.78 is 0. The van der Waals surface area contributed by atoms with Crippen LogP contribution in [-0.2, 0) is 4.79 Å². The molecule has 0 spiro atoms. The van der Waals surface area contributed by atoms with Gasteiger partial charge in [-0.05, 0) is 57.8 Å². The fourth-order valence-electron chi connectivity index (χ4n) is 4.00. The number of fused-ring (bicyclic) bond motifs is 2. The molecule has 0 saturated carbocycles. The molecule has 25 heavy (non-hydrogen) atoms. The van der Waals surface area contributed by atoms with Gasteiger partial charge in [-0.3, -0.25) is 4.79 Å². The number of hydrogen-bond donors (Lipinski definition) is 1. The van der Waals surface area contributed by atoms with Crippen molar-refractivity contribution in [3.05, 3.63) is 30.3 Å². The third-order valence-corrected chi connectivity index (χ3v) is 5.17. The summed E-state index contributed by atoms with van der Waals surface area (Å²) in [5.74, 6) is 0.830. The summed E-state index contributed by atoms with van der Waals surface area (Å²) in [4.78, 5) is 17.1. The Hall–Kier alpha value is -0.810. The van der Waals surface area contributed by atoms with Crippen molar-refractivity contribution < 1.29 is 4.79 Å². The SMILES string of the molecule is CN(C)CCN(C(=O)CC1CC2CCC(C1)N2)c1ccccc1.Cl.Cl. The summed E-state index contributed by atoms with van der Waals surface area (Å²) in [6, 6.07) is 11.4. The third kappa shape index (κ3) is 6.14. The second-order valence-corrected chi connectivity index (χ2v) is 7.36. The Morgan fingerprint density at radius 3 is 2.20 bits per heavy atom. The average Bonchev–Trinajstić information content (AvgIpc) is 2.87. The van der Waals surface area contributed by atoms with Crippen LogP contribution in [0.4, 0.5) is 5.69 Å². The monoisotopic (exact) mass is 387 g/mol. The molecule has 2 fully saturated rings. The highest BCUT2D eigenvalue weighted by molar-refractivity contribution is 5.93. The van der Waals surface area contributed by atoms with E-state index in [1.54, 1.807) is 0 Å². The van der Waals surface area contributed by atoms with E-state index in [0.29, 0.717) is 24.4 Å². The molecule has 1 aromatic carbocycles. The van der Waals surface area contributed by atoms with Crippen LogP contribution in [0.3, 0.4) is 0 Å². The van der Waals surface area contributed by atoms with Gasteiger partial charge in [-0.25, -0.2) is 0 Å². The van der Waals surface area contributed by atoms with Crippen molar-refractivity contribution >= 4 is 36.4 Å². The summed E-state index contributed by atoms with van der Waals surface area (Å²) in [7, 11) is 4.11. The lowest BCUT2D eigenvalue weighted by atomic mass is 9.89. The number of piperidine rings is 1. The first-order valence-corrected chi connectivity index (χ1v) is 8.88. The largest absolute Gasteiger partial charge is 0.311 e. The number of amides is 1. The van der Waals surface area contributed by atoms with Crippen LogP contribution in [-0.4, -0.2) is 50.1 Å². The van der Waals surface area contributed by atoms with Gasteiger partial charge in [0.2, 0.25) is 5.91 Å². The number of carbonyl (C=O) groups is 1. The van der Waals surface area contributed by atoms with E-state index < -0.39 is 0 Å². The highest BCUT2D eigenvalue weighted by atomic mass is 35.5. The summed E-state index contributed by atoms with van der Waals surface area (Å²) >= 11 is 0. The second-order valence-electron chi connectivity index (χ2n) is 7.36. The summed E-state index contributed by atoms with van der Waals surface area (Å²) in [6.45, 7) is 1.64. The number of halogens is 2. The number of para-hydroxylation sites is 1. The molecule has 6 heteroatoms. The molecule has 142 valence electrons. The van der Waals surface area contributed by atoms with Gasteiger partial charge < -0.3 is 15.1 Å². The van der Waals surface area contributed by atoms with Crippen molar-refractivity contribution in [1.82, 2.24) is 10.2 Å². The minimum Gasteiger partial charge on any atom is -0.311 e. The number of carbonyl (C=O) groups excluding carboxylic acids is 1. The van der Waals surface area contributed by atoms with Gasteiger partial charge >= 0.3 is 0 Å². The molecule has 0 aliphatic carbocycles. The topological polar surface area (TPSA) is 35.6 Å². The molecule has 1 N–H and O–H groups in total. The number of nitrogens with zero attached hydrogens (tertiary/aromatic N) is 2. The van der Waals surface area contributed by atoms with E-state index in [1.165, 1.54) is 25.7 Å². The van der Waals surface area contributed by atoms with Crippen molar-refractivity contribution in [2.24, 2.45) is 5.92 Å². The van der Waals surface area contributed by atoms with E-state index in [9.17, 15) is 4.79 Å². The minimum absolute atomic E-state index is 0. The lowest BCUT2D eigenvalue weighted by Gasteiger charge is -2.31. The van der Waals surface area contributed by atoms with Crippen molar-refractivity contribution in [2.75, 3.05) is 32.1 Å². The van der Waals surface area contributed by atoms with E-state index in [4.69, 9.17) is 0 Å². The van der Waals surface area contributed by atoms with E-state index in [0.717, 1.165) is 18.8 Å². The van der Waals surface area contributed by atoms with E-state index >= 15 is 0 Å². The number of hydrogen-bond acceptors (Lipinski definition) is 3. The molecule has 1 amide bonds. The van der Waals surface area contributed by atoms with Gasteiger partial charge in [0.1, 0.15) is 0 Å². The van der Waals surface area contributed by atoms with Crippen LogP contribution in [0.15, 0.2) is 30.3 Å². The molecule has 2 aliphatic rings. The van der Waals surface area contributed by atoms with Crippen LogP contribution >= 0.6 is 24.8 Å². The first-order chi connectivity index (χ1) is 11.1. The average molecular weight is 388 g/mol. The van der Waals surface area contributed by atoms with Crippen LogP contribution in [0.25, 0.3) is 0 Å². The Labute approximate surface area is 164 Å². The Kier molecular flexibility index (Phi) is 9.22. The maximum Gasteiger partial charge on any atom is 0.227 e. The van der Waals surface area contributed by atoms with Crippen LogP contribution in [0.2, 0.25) is 0 Å². The van der Waals surface area contributed by atoms with Gasteiger partial charge in [0, 0.05) is 37.3 Å². The molecule has 2 aliphatic heterocycles. The molecular formula is C19H31Cl2N3O. The zero-order valence-corrected chi connectivity index (χ0v) is 16.8. The van der Waals surface area contributed by atoms with Gasteiger partial charge in [-0.15, -0.1) is 24.8 Å². The lowest BCUT2D eigenvalue weighted by molar-refractivity contribution is -0.119. The predicted molar refractivity (Wildman–Crippen MR) is 109 cm³/mol. The molecule has 2 saturated heterocycles. The van der Waals surface area contributed by atoms with E-state index in [2.05, 4.69) is 24.3 Å². The second kappa shape index (κ2) is 10.4.